The lowest BCUT2D eigenvalue weighted by Crippen LogP contribution is -2.05. The number of hydrogen-bond acceptors (Lipinski definition) is 2. The molecule has 1 aromatic rings. The van der Waals surface area contributed by atoms with Crippen molar-refractivity contribution in [3.63, 3.8) is 0 Å². The molecule has 0 bridgehead atoms. The number of halogens is 1. The van der Waals surface area contributed by atoms with Crippen LogP contribution in [0.15, 0.2) is 24.3 Å². The summed E-state index contributed by atoms with van der Waals surface area (Å²) in [5, 5.41) is 9.16. The maximum atomic E-state index is 12.5. The van der Waals surface area contributed by atoms with Gasteiger partial charge in [0.1, 0.15) is 11.6 Å². The van der Waals surface area contributed by atoms with Crippen LogP contribution in [0.4, 0.5) is 4.39 Å². The van der Waals surface area contributed by atoms with Crippen molar-refractivity contribution in [2.24, 2.45) is 5.73 Å². The molecular formula is C9H8FNO2. The van der Waals surface area contributed by atoms with E-state index in [0.717, 1.165) is 12.1 Å². The highest BCUT2D eigenvalue weighted by Gasteiger charge is 1.98. The summed E-state index contributed by atoms with van der Waals surface area (Å²) >= 11 is 0. The lowest BCUT2D eigenvalue weighted by Gasteiger charge is -1.97. The third-order valence-corrected chi connectivity index (χ3v) is 1.42. The summed E-state index contributed by atoms with van der Waals surface area (Å²) in [6.45, 7) is 0. The van der Waals surface area contributed by atoms with Gasteiger partial charge in [0, 0.05) is 17.7 Å². The van der Waals surface area contributed by atoms with Gasteiger partial charge in [-0.3, -0.25) is 4.79 Å². The molecule has 68 valence electrons. The number of nitrogens with two attached hydrogens (primary N) is 1. The zero-order valence-corrected chi connectivity index (χ0v) is 6.70. The van der Waals surface area contributed by atoms with E-state index < -0.39 is 11.7 Å². The minimum Gasteiger partial charge on any atom is -0.507 e. The standard InChI is InChI=1S/C9H8FNO2/c10-7-3-1-6(8(12)5-7)2-4-9(11)13/h1-5,12H,(H2,11,13). The van der Waals surface area contributed by atoms with Gasteiger partial charge in [-0.2, -0.15) is 0 Å². The molecule has 0 atom stereocenters. The van der Waals surface area contributed by atoms with Crippen LogP contribution in [0.5, 0.6) is 5.75 Å². The summed E-state index contributed by atoms with van der Waals surface area (Å²) in [5.41, 5.74) is 5.19. The molecule has 0 radical (unpaired) electrons. The second kappa shape index (κ2) is 3.71. The fraction of sp³-hybridized carbons (Fsp3) is 0. The van der Waals surface area contributed by atoms with Crippen molar-refractivity contribution in [2.75, 3.05) is 0 Å². The summed E-state index contributed by atoms with van der Waals surface area (Å²) in [4.78, 5) is 10.3. The van der Waals surface area contributed by atoms with Gasteiger partial charge in [0.2, 0.25) is 5.91 Å². The average Bonchev–Trinajstić information content (AvgIpc) is 2.02. The Bertz CT molecular complexity index is 361. The fourth-order valence-electron chi connectivity index (χ4n) is 0.830. The summed E-state index contributed by atoms with van der Waals surface area (Å²) in [6, 6.07) is 3.49. The summed E-state index contributed by atoms with van der Waals surface area (Å²) in [7, 11) is 0. The number of phenolic OH excluding ortho intramolecular Hbond substituents is 1. The molecule has 0 saturated heterocycles. The molecule has 13 heavy (non-hydrogen) atoms. The van der Waals surface area contributed by atoms with E-state index in [1.54, 1.807) is 0 Å². The quantitative estimate of drug-likeness (QED) is 0.669. The van der Waals surface area contributed by atoms with Gasteiger partial charge in [-0.25, -0.2) is 4.39 Å². The van der Waals surface area contributed by atoms with Gasteiger partial charge < -0.3 is 10.8 Å². The molecule has 1 rings (SSSR count). The van der Waals surface area contributed by atoms with E-state index in [9.17, 15) is 9.18 Å². The number of benzene rings is 1. The van der Waals surface area contributed by atoms with Gasteiger partial charge in [-0.15, -0.1) is 0 Å². The van der Waals surface area contributed by atoms with E-state index >= 15 is 0 Å². The Kier molecular flexibility index (Phi) is 2.64. The maximum Gasteiger partial charge on any atom is 0.241 e. The molecule has 3 nitrogen and oxygen atoms in total. The number of rotatable bonds is 2. The van der Waals surface area contributed by atoms with Crippen molar-refractivity contribution in [2.45, 2.75) is 0 Å². The minimum atomic E-state index is -0.622. The fourth-order valence-corrected chi connectivity index (χ4v) is 0.830. The summed E-state index contributed by atoms with van der Waals surface area (Å²) < 4.78 is 12.5. The smallest absolute Gasteiger partial charge is 0.241 e. The highest BCUT2D eigenvalue weighted by atomic mass is 19.1. The van der Waals surface area contributed by atoms with Crippen molar-refractivity contribution in [1.82, 2.24) is 0 Å². The molecule has 0 saturated carbocycles. The van der Waals surface area contributed by atoms with Gasteiger partial charge in [-0.05, 0) is 18.2 Å². The Labute approximate surface area is 74.3 Å². The van der Waals surface area contributed by atoms with E-state index in [0.29, 0.717) is 5.56 Å². The van der Waals surface area contributed by atoms with Crippen LogP contribution in [0.3, 0.4) is 0 Å². The lowest BCUT2D eigenvalue weighted by molar-refractivity contribution is -0.113. The molecule has 0 unspecified atom stereocenters. The molecule has 0 heterocycles. The van der Waals surface area contributed by atoms with Crippen molar-refractivity contribution >= 4 is 12.0 Å². The number of carbonyl (C=O) groups is 1. The van der Waals surface area contributed by atoms with Crippen molar-refractivity contribution in [3.05, 3.63) is 35.7 Å². The molecule has 0 aliphatic carbocycles. The lowest BCUT2D eigenvalue weighted by atomic mass is 10.2. The molecule has 0 aliphatic rings. The Balaban J connectivity index is 2.96. The van der Waals surface area contributed by atoms with Gasteiger partial charge in [-0.1, -0.05) is 0 Å². The second-order valence-corrected chi connectivity index (χ2v) is 2.44. The van der Waals surface area contributed by atoms with Gasteiger partial charge in [0.25, 0.3) is 0 Å². The second-order valence-electron chi connectivity index (χ2n) is 2.44. The predicted molar refractivity (Wildman–Crippen MR) is 46.3 cm³/mol. The molecule has 0 spiro atoms. The van der Waals surface area contributed by atoms with E-state index in [2.05, 4.69) is 0 Å². The molecule has 0 aromatic heterocycles. The Morgan fingerprint density at radius 1 is 1.54 bits per heavy atom. The Morgan fingerprint density at radius 3 is 2.77 bits per heavy atom. The normalized spacial score (nSPS) is 10.5. The molecule has 3 N–H and O–H groups in total. The number of aromatic hydroxyl groups is 1. The van der Waals surface area contributed by atoms with E-state index in [1.807, 2.05) is 0 Å². The highest BCUT2D eigenvalue weighted by molar-refractivity contribution is 5.90. The number of phenols is 1. The summed E-state index contributed by atoms with van der Waals surface area (Å²) in [6.07, 6.45) is 2.41. The number of hydrogen-bond donors (Lipinski definition) is 2. The van der Waals surface area contributed by atoms with E-state index in [-0.39, 0.29) is 5.75 Å². The van der Waals surface area contributed by atoms with Crippen molar-refractivity contribution in [3.8, 4) is 5.75 Å². The van der Waals surface area contributed by atoms with Gasteiger partial charge in [0.15, 0.2) is 0 Å². The van der Waals surface area contributed by atoms with Crippen molar-refractivity contribution < 1.29 is 14.3 Å². The van der Waals surface area contributed by atoms with Gasteiger partial charge in [0.05, 0.1) is 0 Å². The summed E-state index contributed by atoms with van der Waals surface area (Å²) in [5.74, 6) is -1.38. The van der Waals surface area contributed by atoms with Crippen LogP contribution in [-0.2, 0) is 4.79 Å². The molecule has 4 heteroatoms. The van der Waals surface area contributed by atoms with Crippen LogP contribution < -0.4 is 5.73 Å². The minimum absolute atomic E-state index is 0.225. The zero-order valence-electron chi connectivity index (χ0n) is 6.70. The van der Waals surface area contributed by atoms with Crippen LogP contribution in [0.1, 0.15) is 5.56 Å². The predicted octanol–water partition coefficient (Wildman–Crippen LogP) is 1.03. The van der Waals surface area contributed by atoms with Crippen molar-refractivity contribution in [1.29, 1.82) is 0 Å². The third kappa shape index (κ3) is 2.59. The molecule has 1 aromatic carbocycles. The first-order chi connectivity index (χ1) is 6.09. The first kappa shape index (κ1) is 9.25. The topological polar surface area (TPSA) is 63.3 Å². The monoisotopic (exact) mass is 181 g/mol. The van der Waals surface area contributed by atoms with Crippen LogP contribution in [0.2, 0.25) is 0 Å². The number of carbonyl (C=O) groups excluding carboxylic acids is 1. The highest BCUT2D eigenvalue weighted by Crippen LogP contribution is 2.18. The van der Waals surface area contributed by atoms with Crippen LogP contribution >= 0.6 is 0 Å². The number of amides is 1. The molecule has 0 aliphatic heterocycles. The first-order valence-electron chi connectivity index (χ1n) is 3.55. The van der Waals surface area contributed by atoms with Gasteiger partial charge >= 0.3 is 0 Å². The third-order valence-electron chi connectivity index (χ3n) is 1.42. The first-order valence-corrected chi connectivity index (χ1v) is 3.55. The zero-order chi connectivity index (χ0) is 9.84. The van der Waals surface area contributed by atoms with Crippen LogP contribution in [0, 0.1) is 5.82 Å². The maximum absolute atomic E-state index is 12.5. The van der Waals surface area contributed by atoms with E-state index in [4.69, 9.17) is 10.8 Å². The molecular weight excluding hydrogens is 173 g/mol. The SMILES string of the molecule is NC(=O)C=Cc1ccc(F)cc1O. The molecule has 1 amide bonds. The largest absolute Gasteiger partial charge is 0.507 e. The van der Waals surface area contributed by atoms with Crippen LogP contribution in [-0.4, -0.2) is 11.0 Å². The van der Waals surface area contributed by atoms with E-state index in [1.165, 1.54) is 18.2 Å². The van der Waals surface area contributed by atoms with Crippen LogP contribution in [0.25, 0.3) is 6.08 Å². The average molecular weight is 181 g/mol. The Morgan fingerprint density at radius 2 is 2.23 bits per heavy atom. The number of primary amides is 1. The Hall–Kier alpha value is -1.84. The molecule has 0 fully saturated rings.